The van der Waals surface area contributed by atoms with Crippen molar-refractivity contribution in [3.05, 3.63) is 0 Å². The molecule has 1 rings (SSSR count). The van der Waals surface area contributed by atoms with Gasteiger partial charge >= 0.3 is 6.09 Å². The smallest absolute Gasteiger partial charge is 0.407 e. The molecule has 2 amide bonds. The van der Waals surface area contributed by atoms with E-state index < -0.39 is 22.0 Å². The number of hydrogen-bond donors (Lipinski definition) is 2. The van der Waals surface area contributed by atoms with Crippen molar-refractivity contribution in [3.8, 4) is 0 Å². The number of rotatable bonds is 5. The van der Waals surface area contributed by atoms with E-state index in [1.54, 1.807) is 0 Å². The monoisotopic (exact) mass is 376 g/mol. The molecule has 0 radical (unpaired) electrons. The summed E-state index contributed by atoms with van der Waals surface area (Å²) in [5.74, 6) is -0.487. The van der Waals surface area contributed by atoms with Gasteiger partial charge in [0.1, 0.15) is 12.6 Å². The van der Waals surface area contributed by atoms with Crippen LogP contribution < -0.4 is 10.6 Å². The summed E-state index contributed by atoms with van der Waals surface area (Å²) < 4.78 is 26.9. The van der Waals surface area contributed by atoms with E-state index in [-0.39, 0.29) is 24.3 Å². The standard InChI is InChI=1S/C8H13IN2O5S/c1-17(14,15)3-2-16-8(13)11-6-5(4-9)10-7(6)12/h5-6H,2-4H2,1H3,(H,10,12)(H,11,13)/t5-,6+/m0/s1. The first-order valence-corrected chi connectivity index (χ1v) is 8.39. The molecule has 9 heteroatoms. The van der Waals surface area contributed by atoms with Gasteiger partial charge in [-0.3, -0.25) is 4.79 Å². The highest BCUT2D eigenvalue weighted by molar-refractivity contribution is 14.1. The second-order valence-electron chi connectivity index (χ2n) is 3.66. The molecule has 1 aliphatic heterocycles. The van der Waals surface area contributed by atoms with E-state index in [9.17, 15) is 18.0 Å². The molecule has 1 fully saturated rings. The maximum absolute atomic E-state index is 11.2. The summed E-state index contributed by atoms with van der Waals surface area (Å²) in [6.45, 7) is -0.214. The molecular formula is C8H13IN2O5S. The van der Waals surface area contributed by atoms with Gasteiger partial charge < -0.3 is 15.4 Å². The molecule has 7 nitrogen and oxygen atoms in total. The van der Waals surface area contributed by atoms with E-state index in [2.05, 4.69) is 38.0 Å². The van der Waals surface area contributed by atoms with Crippen LogP contribution in [0, 0.1) is 0 Å². The minimum absolute atomic E-state index is 0.0921. The summed E-state index contributed by atoms with van der Waals surface area (Å²) in [5, 5.41) is 5.00. The number of amides is 2. The van der Waals surface area contributed by atoms with Crippen LogP contribution in [0.15, 0.2) is 0 Å². The van der Waals surface area contributed by atoms with Gasteiger partial charge in [-0.2, -0.15) is 0 Å². The van der Waals surface area contributed by atoms with Crippen LogP contribution in [-0.4, -0.2) is 55.5 Å². The van der Waals surface area contributed by atoms with Crippen molar-refractivity contribution in [2.45, 2.75) is 12.1 Å². The molecule has 0 aromatic rings. The topological polar surface area (TPSA) is 102 Å². The normalized spacial score (nSPS) is 23.5. The largest absolute Gasteiger partial charge is 0.448 e. The number of nitrogens with one attached hydrogen (secondary N) is 2. The van der Waals surface area contributed by atoms with Gasteiger partial charge in [0.15, 0.2) is 9.84 Å². The first kappa shape index (κ1) is 14.5. The molecule has 2 atom stereocenters. The van der Waals surface area contributed by atoms with E-state index in [1.807, 2.05) is 0 Å². The van der Waals surface area contributed by atoms with Crippen molar-refractivity contribution in [3.63, 3.8) is 0 Å². The van der Waals surface area contributed by atoms with Crippen LogP contribution in [0.1, 0.15) is 0 Å². The predicted molar refractivity (Wildman–Crippen MR) is 68.8 cm³/mol. The number of carbonyl (C=O) groups excluding carboxylic acids is 2. The third kappa shape index (κ3) is 4.66. The molecule has 0 aromatic heterocycles. The lowest BCUT2D eigenvalue weighted by molar-refractivity contribution is -0.130. The highest BCUT2D eigenvalue weighted by Crippen LogP contribution is 2.09. The lowest BCUT2D eigenvalue weighted by Crippen LogP contribution is -2.69. The van der Waals surface area contributed by atoms with Gasteiger partial charge in [-0.1, -0.05) is 22.6 Å². The van der Waals surface area contributed by atoms with Crippen molar-refractivity contribution in [1.29, 1.82) is 0 Å². The summed E-state index contributed by atoms with van der Waals surface area (Å²) in [6, 6.07) is -0.678. The highest BCUT2D eigenvalue weighted by Gasteiger charge is 2.39. The highest BCUT2D eigenvalue weighted by atomic mass is 127. The Morgan fingerprint density at radius 2 is 2.24 bits per heavy atom. The number of β-lactam (4-membered cyclic amide) rings is 1. The van der Waals surface area contributed by atoms with Gasteiger partial charge in [-0.05, 0) is 0 Å². The number of ether oxygens (including phenoxy) is 1. The fourth-order valence-electron chi connectivity index (χ4n) is 1.19. The summed E-state index contributed by atoms with van der Waals surface area (Å²) in [6.07, 6.45) is 0.281. The zero-order valence-corrected chi connectivity index (χ0v) is 12.1. The molecule has 98 valence electrons. The number of carbonyl (C=O) groups is 2. The van der Waals surface area contributed by atoms with E-state index in [0.717, 1.165) is 6.26 Å². The Hall–Kier alpha value is -0.580. The quantitative estimate of drug-likeness (QED) is 0.366. The number of halogens is 1. The predicted octanol–water partition coefficient (Wildman–Crippen LogP) is -0.941. The maximum Gasteiger partial charge on any atom is 0.407 e. The Labute approximate surface area is 113 Å². The first-order chi connectivity index (χ1) is 7.83. The van der Waals surface area contributed by atoms with Crippen molar-refractivity contribution < 1.29 is 22.7 Å². The SMILES string of the molecule is CS(=O)(=O)CCOC(=O)N[C@H]1C(=O)N[C@H]1CI. The van der Waals surface area contributed by atoms with Crippen LogP contribution in [0.25, 0.3) is 0 Å². The van der Waals surface area contributed by atoms with E-state index in [0.29, 0.717) is 4.43 Å². The fourth-order valence-corrected chi connectivity index (χ4v) is 2.31. The Balaban J connectivity index is 2.28. The van der Waals surface area contributed by atoms with Crippen LogP contribution in [0.5, 0.6) is 0 Å². The second-order valence-corrected chi connectivity index (χ2v) is 6.80. The van der Waals surface area contributed by atoms with Crippen LogP contribution >= 0.6 is 22.6 Å². The minimum atomic E-state index is -3.15. The van der Waals surface area contributed by atoms with Gasteiger partial charge in [-0.15, -0.1) is 0 Å². The molecule has 0 spiro atoms. The van der Waals surface area contributed by atoms with E-state index in [1.165, 1.54) is 0 Å². The summed E-state index contributed by atoms with van der Waals surface area (Å²) >= 11 is 2.09. The van der Waals surface area contributed by atoms with Crippen LogP contribution in [-0.2, 0) is 19.4 Å². The first-order valence-electron chi connectivity index (χ1n) is 4.81. The van der Waals surface area contributed by atoms with Gasteiger partial charge in [0.05, 0.1) is 11.8 Å². The molecule has 0 bridgehead atoms. The Bertz CT molecular complexity index is 410. The lowest BCUT2D eigenvalue weighted by atomic mass is 10.0. The molecule has 1 heterocycles. The molecule has 0 unspecified atom stereocenters. The summed E-state index contributed by atoms with van der Waals surface area (Å²) in [7, 11) is -3.15. The summed E-state index contributed by atoms with van der Waals surface area (Å²) in [5.41, 5.74) is 0. The second kappa shape index (κ2) is 5.85. The molecule has 1 aliphatic rings. The van der Waals surface area contributed by atoms with Gasteiger partial charge in [0.25, 0.3) is 0 Å². The summed E-state index contributed by atoms with van der Waals surface area (Å²) in [4.78, 5) is 22.3. The third-order valence-corrected chi connectivity index (χ3v) is 4.00. The Kier molecular flexibility index (Phi) is 4.98. The number of hydrogen-bond acceptors (Lipinski definition) is 5. The van der Waals surface area contributed by atoms with E-state index in [4.69, 9.17) is 0 Å². The van der Waals surface area contributed by atoms with Crippen molar-refractivity contribution in [2.75, 3.05) is 23.0 Å². The molecular weight excluding hydrogens is 363 g/mol. The number of alkyl carbamates (subject to hydrolysis) is 1. The Morgan fingerprint density at radius 3 is 2.71 bits per heavy atom. The molecule has 0 saturated carbocycles. The van der Waals surface area contributed by atoms with Crippen molar-refractivity contribution in [2.24, 2.45) is 0 Å². The van der Waals surface area contributed by atoms with Gasteiger partial charge in [-0.25, -0.2) is 13.2 Å². The average Bonchev–Trinajstić information content (AvgIpc) is 2.20. The zero-order chi connectivity index (χ0) is 13.1. The van der Waals surface area contributed by atoms with E-state index >= 15 is 0 Å². The maximum atomic E-state index is 11.2. The molecule has 0 aliphatic carbocycles. The zero-order valence-electron chi connectivity index (χ0n) is 9.10. The average molecular weight is 376 g/mol. The van der Waals surface area contributed by atoms with Crippen molar-refractivity contribution >= 4 is 44.4 Å². The molecule has 2 N–H and O–H groups in total. The fraction of sp³-hybridized carbons (Fsp3) is 0.750. The molecule has 17 heavy (non-hydrogen) atoms. The van der Waals surface area contributed by atoms with Gasteiger partial charge in [0.2, 0.25) is 5.91 Å². The van der Waals surface area contributed by atoms with Crippen LogP contribution in [0.4, 0.5) is 4.79 Å². The third-order valence-electron chi connectivity index (χ3n) is 2.14. The molecule has 1 saturated heterocycles. The number of alkyl halides is 1. The minimum Gasteiger partial charge on any atom is -0.448 e. The molecule has 0 aromatic carbocycles. The van der Waals surface area contributed by atoms with Gasteiger partial charge in [0, 0.05) is 10.7 Å². The van der Waals surface area contributed by atoms with Crippen molar-refractivity contribution in [1.82, 2.24) is 10.6 Å². The van der Waals surface area contributed by atoms with Crippen LogP contribution in [0.2, 0.25) is 0 Å². The Morgan fingerprint density at radius 1 is 1.59 bits per heavy atom. The lowest BCUT2D eigenvalue weighted by Gasteiger charge is -2.35. The number of sulfone groups is 1. The van der Waals surface area contributed by atoms with Crippen LogP contribution in [0.3, 0.4) is 0 Å².